The van der Waals surface area contributed by atoms with E-state index in [4.69, 9.17) is 13.3 Å². The van der Waals surface area contributed by atoms with Gasteiger partial charge in [0.1, 0.15) is 33.5 Å². The number of hydrogen-bond acceptors (Lipinski definition) is 5. The Labute approximate surface area is 529 Å². The lowest BCUT2D eigenvalue weighted by molar-refractivity contribution is 0.666. The topological polar surface area (TPSA) is 45.9 Å². The van der Waals surface area contributed by atoms with Crippen molar-refractivity contribution in [2.75, 3.05) is 9.80 Å². The van der Waals surface area contributed by atoms with E-state index in [1.54, 1.807) is 0 Å². The lowest BCUT2D eigenvalue weighted by atomic mass is 9.79. The van der Waals surface area contributed by atoms with E-state index in [1.165, 1.54) is 81.5 Å². The summed E-state index contributed by atoms with van der Waals surface area (Å²) < 4.78 is 19.0. The first-order chi connectivity index (χ1) is 45.4. The lowest BCUT2D eigenvalue weighted by Crippen LogP contribution is -2.15. The Bertz CT molecular complexity index is 6250. The molecule has 1 aliphatic carbocycles. The molecule has 3 aromatic heterocycles. The SMILES string of the molecule is CC1(C)c2ccccc2-c2ccc3c(ccc4ccc5cc(N(c6ccccc6)c6cccc7oc8ccccc8c67)ccc5c43)c21.c1ccc(N(c2ccc3c(ccc4ccc5c(ccc6c7ccccc7oc65)c43)c2)c2cccc3oc4ccccc4c23)cc1. The third kappa shape index (κ3) is 7.79. The van der Waals surface area contributed by atoms with Gasteiger partial charge in [-0.1, -0.05) is 214 Å². The normalized spacial score (nSPS) is 12.8. The molecule has 5 heteroatoms. The van der Waals surface area contributed by atoms with Gasteiger partial charge in [-0.05, 0) is 185 Å². The maximum Gasteiger partial charge on any atom is 0.143 e. The molecule has 20 rings (SSSR count). The molecular formula is C87H56N2O3. The van der Waals surface area contributed by atoms with Crippen LogP contribution < -0.4 is 9.80 Å². The molecule has 0 atom stereocenters. The van der Waals surface area contributed by atoms with E-state index in [0.717, 1.165) is 105 Å². The summed E-state index contributed by atoms with van der Waals surface area (Å²) in [6, 6.07) is 109. The number of rotatable bonds is 6. The summed E-state index contributed by atoms with van der Waals surface area (Å²) >= 11 is 0. The Morgan fingerprint density at radius 2 is 0.663 bits per heavy atom. The predicted molar refractivity (Wildman–Crippen MR) is 387 cm³/mol. The van der Waals surface area contributed by atoms with Gasteiger partial charge in [0.15, 0.2) is 0 Å². The van der Waals surface area contributed by atoms with Gasteiger partial charge in [-0.2, -0.15) is 0 Å². The van der Waals surface area contributed by atoms with Gasteiger partial charge in [-0.3, -0.25) is 0 Å². The number of benzene rings is 16. The van der Waals surface area contributed by atoms with Gasteiger partial charge in [0.05, 0.1) is 22.1 Å². The van der Waals surface area contributed by atoms with Crippen molar-refractivity contribution >= 4 is 165 Å². The Morgan fingerprint density at radius 1 is 0.250 bits per heavy atom. The van der Waals surface area contributed by atoms with Crippen LogP contribution in [-0.2, 0) is 5.41 Å². The third-order valence-corrected chi connectivity index (χ3v) is 19.6. The molecule has 0 aliphatic heterocycles. The zero-order chi connectivity index (χ0) is 60.8. The molecule has 0 saturated carbocycles. The second-order valence-electron chi connectivity index (χ2n) is 25.0. The van der Waals surface area contributed by atoms with E-state index in [1.807, 2.05) is 36.4 Å². The summed E-state index contributed by atoms with van der Waals surface area (Å²) in [4.78, 5) is 4.71. The van der Waals surface area contributed by atoms with Crippen molar-refractivity contribution in [3.8, 4) is 11.1 Å². The number of furan rings is 3. The smallest absolute Gasteiger partial charge is 0.143 e. The first-order valence-electron chi connectivity index (χ1n) is 31.6. The fourth-order valence-electron chi connectivity index (χ4n) is 15.6. The molecule has 3 heterocycles. The van der Waals surface area contributed by atoms with Crippen LogP contribution in [0.4, 0.5) is 34.1 Å². The van der Waals surface area contributed by atoms with Crippen molar-refractivity contribution < 1.29 is 13.3 Å². The number of fused-ring (bicyclic) bond motifs is 24. The van der Waals surface area contributed by atoms with E-state index < -0.39 is 0 Å². The highest BCUT2D eigenvalue weighted by atomic mass is 16.3. The van der Waals surface area contributed by atoms with Crippen LogP contribution in [-0.4, -0.2) is 0 Å². The van der Waals surface area contributed by atoms with Crippen LogP contribution in [0.5, 0.6) is 0 Å². The monoisotopic (exact) mass is 1180 g/mol. The fourth-order valence-corrected chi connectivity index (χ4v) is 15.6. The molecule has 92 heavy (non-hydrogen) atoms. The van der Waals surface area contributed by atoms with Crippen molar-refractivity contribution in [2.45, 2.75) is 19.3 Å². The highest BCUT2D eigenvalue weighted by Crippen LogP contribution is 2.53. The van der Waals surface area contributed by atoms with Crippen LogP contribution in [0.1, 0.15) is 25.0 Å². The second-order valence-corrected chi connectivity index (χ2v) is 25.0. The average molecular weight is 1180 g/mol. The molecule has 0 saturated heterocycles. The van der Waals surface area contributed by atoms with Crippen LogP contribution >= 0.6 is 0 Å². The molecule has 19 aromatic rings. The van der Waals surface area contributed by atoms with E-state index in [9.17, 15) is 0 Å². The predicted octanol–water partition coefficient (Wildman–Crippen LogP) is 25.2. The average Bonchev–Trinajstić information content (AvgIpc) is 1.41. The van der Waals surface area contributed by atoms with Crippen molar-refractivity contribution in [3.05, 3.63) is 314 Å². The summed E-state index contributed by atoms with van der Waals surface area (Å²) in [7, 11) is 0. The van der Waals surface area contributed by atoms with Gasteiger partial charge in [0, 0.05) is 55.1 Å². The minimum atomic E-state index is -0.0642. The summed E-state index contributed by atoms with van der Waals surface area (Å²) in [5.41, 5.74) is 17.5. The maximum absolute atomic E-state index is 6.42. The highest BCUT2D eigenvalue weighted by molar-refractivity contribution is 6.27. The number of para-hydroxylation sites is 5. The van der Waals surface area contributed by atoms with Crippen LogP contribution in [0.25, 0.3) is 142 Å². The van der Waals surface area contributed by atoms with Crippen molar-refractivity contribution in [3.63, 3.8) is 0 Å². The molecule has 0 unspecified atom stereocenters. The Morgan fingerprint density at radius 3 is 1.25 bits per heavy atom. The molecule has 0 spiro atoms. The summed E-state index contributed by atoms with van der Waals surface area (Å²) in [6.45, 7) is 4.75. The molecule has 0 bridgehead atoms. The summed E-state index contributed by atoms with van der Waals surface area (Å²) in [5.74, 6) is 0. The first kappa shape index (κ1) is 52.1. The highest BCUT2D eigenvalue weighted by Gasteiger charge is 2.37. The summed E-state index contributed by atoms with van der Waals surface area (Å²) in [6.07, 6.45) is 0. The molecule has 0 radical (unpaired) electrons. The van der Waals surface area contributed by atoms with Crippen LogP contribution in [0.3, 0.4) is 0 Å². The van der Waals surface area contributed by atoms with E-state index in [-0.39, 0.29) is 5.41 Å². The quantitative estimate of drug-likeness (QED) is 0.155. The standard InChI is InChI=1S/C45H31NO.C42H25NO2/c1-45(2)38-15-8-6-13-33(38)35-26-25-34-36(44(35)45)23-21-28-19-20-29-27-31(22-24-32(29)42(28)34)46(30-11-4-3-5-12-30)39-16-10-18-41-43(39)37-14-7-9-17-40(37)47-41;1-2-9-28(10-3-1)43(36-13-8-16-39-41(36)35-12-5-7-15-38(35)44-39)29-20-22-30-27(25-29)18-17-26-19-21-34-32(40(26)30)23-24-33-31-11-4-6-14-37(31)45-42(33)34/h3-27H,1-2H3;1-25H. The van der Waals surface area contributed by atoms with Gasteiger partial charge >= 0.3 is 0 Å². The minimum Gasteiger partial charge on any atom is -0.456 e. The molecule has 5 nitrogen and oxygen atoms in total. The van der Waals surface area contributed by atoms with E-state index in [0.29, 0.717) is 0 Å². The molecule has 16 aromatic carbocycles. The maximum atomic E-state index is 6.42. The Hall–Kier alpha value is -11.9. The number of hydrogen-bond donors (Lipinski definition) is 0. The van der Waals surface area contributed by atoms with Crippen LogP contribution in [0, 0.1) is 0 Å². The minimum absolute atomic E-state index is 0.0642. The fraction of sp³-hybridized carbons (Fsp3) is 0.0345. The summed E-state index contributed by atoms with van der Waals surface area (Å²) in [5, 5.41) is 21.7. The number of nitrogens with zero attached hydrogens (tertiary/aromatic N) is 2. The van der Waals surface area contributed by atoms with Gasteiger partial charge in [0.2, 0.25) is 0 Å². The number of anilines is 6. The molecule has 0 N–H and O–H groups in total. The van der Waals surface area contributed by atoms with Gasteiger partial charge in [-0.15, -0.1) is 0 Å². The van der Waals surface area contributed by atoms with E-state index >= 15 is 0 Å². The Kier molecular flexibility index (Phi) is 11.3. The van der Waals surface area contributed by atoms with Crippen molar-refractivity contribution in [2.24, 2.45) is 0 Å². The first-order valence-corrected chi connectivity index (χ1v) is 31.6. The molecule has 1 aliphatic rings. The van der Waals surface area contributed by atoms with Gasteiger partial charge in [0.25, 0.3) is 0 Å². The molecule has 0 fully saturated rings. The van der Waals surface area contributed by atoms with Gasteiger partial charge in [-0.25, -0.2) is 0 Å². The van der Waals surface area contributed by atoms with Crippen molar-refractivity contribution in [1.29, 1.82) is 0 Å². The van der Waals surface area contributed by atoms with Crippen LogP contribution in [0.2, 0.25) is 0 Å². The molecular weight excluding hydrogens is 1120 g/mol. The largest absolute Gasteiger partial charge is 0.456 e. The zero-order valence-electron chi connectivity index (χ0n) is 50.5. The van der Waals surface area contributed by atoms with Crippen molar-refractivity contribution in [1.82, 2.24) is 0 Å². The van der Waals surface area contributed by atoms with E-state index in [2.05, 4.69) is 291 Å². The molecule has 0 amide bonds. The van der Waals surface area contributed by atoms with Gasteiger partial charge < -0.3 is 23.1 Å². The third-order valence-electron chi connectivity index (χ3n) is 19.6. The second kappa shape index (κ2) is 20.0. The molecule has 432 valence electrons. The van der Waals surface area contributed by atoms with Crippen LogP contribution in [0.15, 0.2) is 317 Å². The zero-order valence-corrected chi connectivity index (χ0v) is 50.5. The Balaban J connectivity index is 0.000000132. The lowest BCUT2D eigenvalue weighted by Gasteiger charge is -2.27.